The van der Waals surface area contributed by atoms with Gasteiger partial charge < -0.3 is 4.74 Å². The Morgan fingerprint density at radius 1 is 0.891 bits per heavy atom. The van der Waals surface area contributed by atoms with Crippen molar-refractivity contribution in [2.24, 2.45) is 0 Å². The Kier molecular flexibility index (Phi) is 8.64. The Morgan fingerprint density at radius 2 is 1.59 bits per heavy atom. The maximum atomic E-state index is 13.9. The largest absolute Gasteiger partial charge is 0.489 e. The normalized spacial score (nSPS) is 14.1. The van der Waals surface area contributed by atoms with Crippen molar-refractivity contribution in [1.82, 2.24) is 14.7 Å². The van der Waals surface area contributed by atoms with E-state index in [1.807, 2.05) is 98.1 Å². The molecule has 6 rings (SSSR count). The standard InChI is InChI=1S/C38H29ClN4O3/c1-25-19-28(17-18-35(25)46-24-27-11-5-3-6-12-27)36-30(23-43(41-36)31-14-7-4-8-15-31)20-32-26(2)33(21-40)38(45)42(37(32)44)22-29-13-9-10-16-34(29)39/h3-20,23H,22,24H2,1-2H3/b32-20+. The molecule has 0 spiro atoms. The number of nitriles is 1. The summed E-state index contributed by atoms with van der Waals surface area (Å²) in [7, 11) is 0. The first-order valence-corrected chi connectivity index (χ1v) is 15.1. The Bertz CT molecular complexity index is 2060. The van der Waals surface area contributed by atoms with Crippen LogP contribution in [-0.4, -0.2) is 26.5 Å². The van der Waals surface area contributed by atoms with Crippen LogP contribution in [0.15, 0.2) is 126 Å². The van der Waals surface area contributed by atoms with E-state index in [-0.39, 0.29) is 17.7 Å². The maximum Gasteiger partial charge on any atom is 0.271 e. The lowest BCUT2D eigenvalue weighted by Crippen LogP contribution is -2.42. The molecule has 0 fully saturated rings. The van der Waals surface area contributed by atoms with E-state index in [1.165, 1.54) is 0 Å². The van der Waals surface area contributed by atoms with Crippen molar-refractivity contribution in [3.8, 4) is 28.8 Å². The molecule has 0 atom stereocenters. The van der Waals surface area contributed by atoms with Crippen LogP contribution in [0.3, 0.4) is 0 Å². The van der Waals surface area contributed by atoms with Crippen molar-refractivity contribution in [3.05, 3.63) is 153 Å². The van der Waals surface area contributed by atoms with Crippen LogP contribution >= 0.6 is 11.6 Å². The van der Waals surface area contributed by atoms with E-state index < -0.39 is 11.8 Å². The highest BCUT2D eigenvalue weighted by Crippen LogP contribution is 2.34. The van der Waals surface area contributed by atoms with E-state index in [2.05, 4.69) is 0 Å². The van der Waals surface area contributed by atoms with E-state index in [0.29, 0.717) is 34.0 Å². The number of nitrogens with zero attached hydrogens (tertiary/aromatic N) is 4. The summed E-state index contributed by atoms with van der Waals surface area (Å²) in [6, 6.07) is 34.5. The van der Waals surface area contributed by atoms with Crippen LogP contribution < -0.4 is 4.74 Å². The molecule has 1 aliphatic rings. The SMILES string of the molecule is CC1=C(C#N)C(=O)N(Cc2ccccc2Cl)C(=O)/C1=C/c1cn(-c2ccccc2)nc1-c1ccc(OCc2ccccc2)c(C)c1. The number of halogens is 1. The van der Waals surface area contributed by atoms with Crippen LogP contribution in [0.2, 0.25) is 5.02 Å². The second kappa shape index (κ2) is 13.1. The van der Waals surface area contributed by atoms with Gasteiger partial charge in [0, 0.05) is 27.9 Å². The fraction of sp³-hybridized carbons (Fsp3) is 0.105. The predicted octanol–water partition coefficient (Wildman–Crippen LogP) is 7.87. The van der Waals surface area contributed by atoms with Gasteiger partial charge in [-0.1, -0.05) is 78.3 Å². The average Bonchev–Trinajstić information content (AvgIpc) is 3.50. The number of aromatic nitrogens is 2. The van der Waals surface area contributed by atoms with Gasteiger partial charge in [0.25, 0.3) is 11.8 Å². The van der Waals surface area contributed by atoms with Gasteiger partial charge in [-0.25, -0.2) is 4.68 Å². The minimum absolute atomic E-state index is 0.0626. The Hall–Kier alpha value is -5.71. The van der Waals surface area contributed by atoms with Crippen LogP contribution in [-0.2, 0) is 22.7 Å². The lowest BCUT2D eigenvalue weighted by atomic mass is 9.93. The van der Waals surface area contributed by atoms with E-state index in [0.717, 1.165) is 33.0 Å². The van der Waals surface area contributed by atoms with E-state index in [9.17, 15) is 14.9 Å². The summed E-state index contributed by atoms with van der Waals surface area (Å²) in [6.07, 6.45) is 3.55. The fourth-order valence-corrected chi connectivity index (χ4v) is 5.55. The summed E-state index contributed by atoms with van der Waals surface area (Å²) < 4.78 is 7.86. The molecule has 7 nitrogen and oxygen atoms in total. The Morgan fingerprint density at radius 3 is 2.28 bits per heavy atom. The number of carbonyl (C=O) groups excluding carboxylic acids is 2. The molecule has 2 amide bonds. The third-order valence-corrected chi connectivity index (χ3v) is 8.23. The van der Waals surface area contributed by atoms with Gasteiger partial charge in [-0.05, 0) is 78.6 Å². The molecule has 0 aliphatic carbocycles. The first kappa shape index (κ1) is 30.3. The molecule has 0 saturated carbocycles. The molecule has 2 heterocycles. The summed E-state index contributed by atoms with van der Waals surface area (Å²) in [4.78, 5) is 28.3. The van der Waals surface area contributed by atoms with E-state index in [4.69, 9.17) is 21.4 Å². The number of rotatable bonds is 8. The number of imide groups is 1. The average molecular weight is 625 g/mol. The summed E-state index contributed by atoms with van der Waals surface area (Å²) >= 11 is 6.37. The van der Waals surface area contributed by atoms with Crippen LogP contribution in [0.25, 0.3) is 23.0 Å². The van der Waals surface area contributed by atoms with Crippen molar-refractivity contribution in [1.29, 1.82) is 5.26 Å². The highest BCUT2D eigenvalue weighted by molar-refractivity contribution is 6.31. The molecule has 0 unspecified atom stereocenters. The molecular weight excluding hydrogens is 596 g/mol. The van der Waals surface area contributed by atoms with Gasteiger partial charge in [-0.3, -0.25) is 14.5 Å². The molecule has 0 saturated heterocycles. The summed E-state index contributed by atoms with van der Waals surface area (Å²) in [5, 5.41) is 15.3. The first-order valence-electron chi connectivity index (χ1n) is 14.7. The zero-order chi connectivity index (χ0) is 32.2. The highest BCUT2D eigenvalue weighted by Gasteiger charge is 2.36. The molecule has 0 N–H and O–H groups in total. The summed E-state index contributed by atoms with van der Waals surface area (Å²) in [5.41, 5.74) is 5.98. The molecule has 5 aromatic rings. The molecule has 8 heteroatoms. The Balaban J connectivity index is 1.42. The number of amides is 2. The van der Waals surface area contributed by atoms with Gasteiger partial charge in [0.05, 0.1) is 17.9 Å². The first-order chi connectivity index (χ1) is 22.3. The number of benzene rings is 4. The number of hydrogen-bond donors (Lipinski definition) is 0. The van der Waals surface area contributed by atoms with Crippen molar-refractivity contribution < 1.29 is 14.3 Å². The number of carbonyl (C=O) groups is 2. The van der Waals surface area contributed by atoms with Crippen molar-refractivity contribution in [3.63, 3.8) is 0 Å². The van der Waals surface area contributed by atoms with Gasteiger partial charge in [-0.15, -0.1) is 0 Å². The Labute approximate surface area is 272 Å². The van der Waals surface area contributed by atoms with Gasteiger partial charge in [0.15, 0.2) is 0 Å². The third kappa shape index (κ3) is 6.12. The second-order valence-corrected chi connectivity index (χ2v) is 11.3. The lowest BCUT2D eigenvalue weighted by Gasteiger charge is -2.27. The number of hydrogen-bond acceptors (Lipinski definition) is 5. The summed E-state index contributed by atoms with van der Waals surface area (Å²) in [5.74, 6) is -0.409. The molecule has 226 valence electrons. The number of aryl methyl sites for hydroxylation is 1. The van der Waals surface area contributed by atoms with Crippen molar-refractivity contribution >= 4 is 29.5 Å². The lowest BCUT2D eigenvalue weighted by molar-refractivity contribution is -0.141. The van der Waals surface area contributed by atoms with Gasteiger partial charge >= 0.3 is 0 Å². The molecule has 1 aromatic heterocycles. The third-order valence-electron chi connectivity index (χ3n) is 7.86. The zero-order valence-corrected chi connectivity index (χ0v) is 26.0. The minimum atomic E-state index is -0.649. The predicted molar refractivity (Wildman–Crippen MR) is 178 cm³/mol. The van der Waals surface area contributed by atoms with E-state index in [1.54, 1.807) is 41.9 Å². The van der Waals surface area contributed by atoms with Crippen molar-refractivity contribution in [2.45, 2.75) is 27.0 Å². The molecule has 46 heavy (non-hydrogen) atoms. The fourth-order valence-electron chi connectivity index (χ4n) is 5.35. The molecule has 0 bridgehead atoms. The van der Waals surface area contributed by atoms with Crippen LogP contribution in [0, 0.1) is 18.3 Å². The summed E-state index contributed by atoms with van der Waals surface area (Å²) in [6.45, 7) is 3.98. The smallest absolute Gasteiger partial charge is 0.271 e. The number of para-hydroxylation sites is 1. The monoisotopic (exact) mass is 624 g/mol. The molecule has 4 aromatic carbocycles. The van der Waals surface area contributed by atoms with Gasteiger partial charge in [-0.2, -0.15) is 10.4 Å². The minimum Gasteiger partial charge on any atom is -0.489 e. The zero-order valence-electron chi connectivity index (χ0n) is 25.3. The van der Waals surface area contributed by atoms with Crippen LogP contribution in [0.4, 0.5) is 0 Å². The maximum absolute atomic E-state index is 13.9. The van der Waals surface area contributed by atoms with Gasteiger partial charge in [0.1, 0.15) is 24.0 Å². The molecule has 0 radical (unpaired) electrons. The van der Waals surface area contributed by atoms with Gasteiger partial charge in [0.2, 0.25) is 0 Å². The number of ether oxygens (including phenoxy) is 1. The van der Waals surface area contributed by atoms with E-state index >= 15 is 0 Å². The second-order valence-electron chi connectivity index (χ2n) is 10.9. The molecule has 1 aliphatic heterocycles. The molecular formula is C38H29ClN4O3. The quantitative estimate of drug-likeness (QED) is 0.129. The van der Waals surface area contributed by atoms with Crippen molar-refractivity contribution in [2.75, 3.05) is 0 Å². The van der Waals surface area contributed by atoms with Crippen LogP contribution in [0.5, 0.6) is 5.75 Å². The topological polar surface area (TPSA) is 88.2 Å². The highest BCUT2D eigenvalue weighted by atomic mass is 35.5. The van der Waals surface area contributed by atoms with Crippen LogP contribution in [0.1, 0.15) is 29.2 Å².